The van der Waals surface area contributed by atoms with Crippen molar-refractivity contribution < 1.29 is 19.5 Å². The molecule has 1 aromatic rings. The van der Waals surface area contributed by atoms with Crippen molar-refractivity contribution in [2.75, 3.05) is 13.1 Å². The van der Waals surface area contributed by atoms with Crippen molar-refractivity contribution in [2.24, 2.45) is 0 Å². The lowest BCUT2D eigenvalue weighted by Gasteiger charge is -2.25. The fourth-order valence-electron chi connectivity index (χ4n) is 2.75. The smallest absolute Gasteiger partial charge is 0.326 e. The van der Waals surface area contributed by atoms with Crippen molar-refractivity contribution in [3.63, 3.8) is 0 Å². The van der Waals surface area contributed by atoms with E-state index in [4.69, 9.17) is 0 Å². The lowest BCUT2D eigenvalue weighted by molar-refractivity contribution is -0.147. The second-order valence-electron chi connectivity index (χ2n) is 7.28. The van der Waals surface area contributed by atoms with Gasteiger partial charge >= 0.3 is 5.97 Å². The number of likely N-dealkylation sites (tertiary alicyclic amines) is 1. The molecule has 0 spiro atoms. The third-order valence-electron chi connectivity index (χ3n) is 4.05. The van der Waals surface area contributed by atoms with Crippen LogP contribution in [0.15, 0.2) is 30.3 Å². The summed E-state index contributed by atoms with van der Waals surface area (Å²) in [5.74, 6) is -1.60. The van der Waals surface area contributed by atoms with Gasteiger partial charge in [0.2, 0.25) is 5.91 Å². The maximum atomic E-state index is 12.4. The van der Waals surface area contributed by atoms with Gasteiger partial charge in [-0.3, -0.25) is 9.59 Å². The second kappa shape index (κ2) is 7.65. The topological polar surface area (TPSA) is 98.7 Å². The summed E-state index contributed by atoms with van der Waals surface area (Å²) < 4.78 is 0. The van der Waals surface area contributed by atoms with Crippen LogP contribution >= 0.6 is 0 Å². The molecule has 1 aliphatic heterocycles. The number of carbonyl (C=O) groups excluding carboxylic acids is 2. The lowest BCUT2D eigenvalue weighted by atomic mass is 10.1. The minimum absolute atomic E-state index is 0.0621. The van der Waals surface area contributed by atoms with Crippen LogP contribution in [0, 0.1) is 0 Å². The molecule has 1 fully saturated rings. The molecule has 2 atom stereocenters. The number of benzene rings is 1. The number of rotatable bonds is 5. The molecule has 2 amide bonds. The zero-order chi connectivity index (χ0) is 18.6. The molecule has 0 unspecified atom stereocenters. The summed E-state index contributed by atoms with van der Waals surface area (Å²) in [4.78, 5) is 37.5. The maximum absolute atomic E-state index is 12.4. The van der Waals surface area contributed by atoms with E-state index in [1.807, 2.05) is 26.8 Å². The zero-order valence-electron chi connectivity index (χ0n) is 14.8. The molecule has 2 rings (SSSR count). The maximum Gasteiger partial charge on any atom is 0.326 e. The average molecular weight is 347 g/mol. The molecule has 136 valence electrons. The van der Waals surface area contributed by atoms with Crippen LogP contribution < -0.4 is 10.6 Å². The summed E-state index contributed by atoms with van der Waals surface area (Å²) in [6.07, 6.45) is 0.204. The van der Waals surface area contributed by atoms with E-state index in [-0.39, 0.29) is 42.9 Å². The minimum Gasteiger partial charge on any atom is -0.480 e. The van der Waals surface area contributed by atoms with Crippen LogP contribution in [0.4, 0.5) is 0 Å². The van der Waals surface area contributed by atoms with Gasteiger partial charge in [0, 0.05) is 30.1 Å². The van der Waals surface area contributed by atoms with Crippen LogP contribution in [0.5, 0.6) is 0 Å². The number of carboxylic acids is 1. The highest BCUT2D eigenvalue weighted by Crippen LogP contribution is 2.19. The Labute approximate surface area is 147 Å². The van der Waals surface area contributed by atoms with E-state index in [9.17, 15) is 19.5 Å². The van der Waals surface area contributed by atoms with E-state index >= 15 is 0 Å². The van der Waals surface area contributed by atoms with Gasteiger partial charge < -0.3 is 20.6 Å². The Morgan fingerprint density at radius 2 is 1.84 bits per heavy atom. The van der Waals surface area contributed by atoms with Crippen LogP contribution in [0.3, 0.4) is 0 Å². The largest absolute Gasteiger partial charge is 0.480 e. The van der Waals surface area contributed by atoms with E-state index in [2.05, 4.69) is 10.6 Å². The van der Waals surface area contributed by atoms with Crippen LogP contribution in [0.25, 0.3) is 0 Å². The van der Waals surface area contributed by atoms with Crippen molar-refractivity contribution in [3.05, 3.63) is 35.9 Å². The Hall–Kier alpha value is -2.41. The van der Waals surface area contributed by atoms with Crippen LogP contribution in [-0.2, 0) is 9.59 Å². The summed E-state index contributed by atoms with van der Waals surface area (Å²) in [6.45, 7) is 6.05. The highest BCUT2D eigenvalue weighted by Gasteiger charge is 2.40. The molecule has 1 saturated heterocycles. The third-order valence-corrected chi connectivity index (χ3v) is 4.05. The molecule has 1 aromatic carbocycles. The monoisotopic (exact) mass is 347 g/mol. The number of amides is 2. The number of carboxylic acid groups (broad SMARTS) is 1. The Bertz CT molecular complexity index is 639. The van der Waals surface area contributed by atoms with Gasteiger partial charge in [-0.1, -0.05) is 18.2 Å². The number of carbonyl (C=O) groups is 3. The molecular formula is C18H25N3O4. The molecule has 3 N–H and O–H groups in total. The van der Waals surface area contributed by atoms with Crippen molar-refractivity contribution in [3.8, 4) is 0 Å². The molecule has 1 heterocycles. The minimum atomic E-state index is -1.06. The van der Waals surface area contributed by atoms with Crippen LogP contribution in [-0.4, -0.2) is 58.5 Å². The van der Waals surface area contributed by atoms with Crippen LogP contribution in [0.2, 0.25) is 0 Å². The fraction of sp³-hybridized carbons (Fsp3) is 0.500. The summed E-state index contributed by atoms with van der Waals surface area (Å²) in [7, 11) is 0. The third kappa shape index (κ3) is 5.29. The molecule has 7 heteroatoms. The standard InChI is InChI=1S/C18H25N3O4/c1-18(2,3)19-10-15(22)21-11-13(9-14(21)17(24)25)20-16(23)12-7-5-4-6-8-12/h4-8,13-14,19H,9-11H2,1-3H3,(H,20,23)(H,24,25)/t13-,14+/m1/s1. The van der Waals surface area contributed by atoms with Gasteiger partial charge in [0.05, 0.1) is 6.54 Å². The first-order valence-electron chi connectivity index (χ1n) is 8.30. The van der Waals surface area contributed by atoms with Crippen molar-refractivity contribution in [1.82, 2.24) is 15.5 Å². The number of nitrogens with zero attached hydrogens (tertiary/aromatic N) is 1. The molecule has 0 aromatic heterocycles. The fourth-order valence-corrected chi connectivity index (χ4v) is 2.75. The number of hydrogen-bond acceptors (Lipinski definition) is 4. The summed E-state index contributed by atoms with van der Waals surface area (Å²) in [5, 5.41) is 15.3. The number of aliphatic carboxylic acids is 1. The zero-order valence-corrected chi connectivity index (χ0v) is 14.8. The molecular weight excluding hydrogens is 322 g/mol. The molecule has 7 nitrogen and oxygen atoms in total. The van der Waals surface area contributed by atoms with E-state index in [1.165, 1.54) is 4.90 Å². The highest BCUT2D eigenvalue weighted by molar-refractivity contribution is 5.94. The van der Waals surface area contributed by atoms with Crippen molar-refractivity contribution >= 4 is 17.8 Å². The van der Waals surface area contributed by atoms with Gasteiger partial charge in [0.25, 0.3) is 5.91 Å². The summed E-state index contributed by atoms with van der Waals surface area (Å²) >= 11 is 0. The molecule has 25 heavy (non-hydrogen) atoms. The van der Waals surface area contributed by atoms with Gasteiger partial charge in [0.15, 0.2) is 0 Å². The first kappa shape index (κ1) is 18.9. The van der Waals surface area contributed by atoms with Crippen LogP contribution in [0.1, 0.15) is 37.6 Å². The quantitative estimate of drug-likeness (QED) is 0.734. The van der Waals surface area contributed by atoms with E-state index < -0.39 is 12.0 Å². The molecule has 0 bridgehead atoms. The molecule has 1 aliphatic rings. The van der Waals surface area contributed by atoms with E-state index in [0.29, 0.717) is 5.56 Å². The van der Waals surface area contributed by atoms with Gasteiger partial charge in [0.1, 0.15) is 6.04 Å². The number of hydrogen-bond donors (Lipinski definition) is 3. The number of nitrogens with one attached hydrogen (secondary N) is 2. The summed E-state index contributed by atoms with van der Waals surface area (Å²) in [5.41, 5.74) is 0.267. The Morgan fingerprint density at radius 3 is 2.40 bits per heavy atom. The molecule has 0 saturated carbocycles. The Morgan fingerprint density at radius 1 is 1.20 bits per heavy atom. The Kier molecular flexibility index (Phi) is 5.79. The predicted molar refractivity (Wildman–Crippen MR) is 93.2 cm³/mol. The van der Waals surface area contributed by atoms with Gasteiger partial charge in [-0.2, -0.15) is 0 Å². The van der Waals surface area contributed by atoms with Gasteiger partial charge in [-0.25, -0.2) is 4.79 Å². The molecule has 0 aliphatic carbocycles. The SMILES string of the molecule is CC(C)(C)NCC(=O)N1C[C@H](NC(=O)c2ccccc2)C[C@H]1C(=O)O. The highest BCUT2D eigenvalue weighted by atomic mass is 16.4. The Balaban J connectivity index is 2.00. The van der Waals surface area contributed by atoms with Gasteiger partial charge in [-0.15, -0.1) is 0 Å². The lowest BCUT2D eigenvalue weighted by Crippen LogP contribution is -2.48. The molecule has 0 radical (unpaired) electrons. The van der Waals surface area contributed by atoms with Gasteiger partial charge in [-0.05, 0) is 32.9 Å². The average Bonchev–Trinajstić information content (AvgIpc) is 2.97. The normalized spacial score (nSPS) is 20.4. The van der Waals surface area contributed by atoms with E-state index in [0.717, 1.165) is 0 Å². The first-order chi connectivity index (χ1) is 11.7. The van der Waals surface area contributed by atoms with Crippen molar-refractivity contribution in [2.45, 2.75) is 44.8 Å². The van der Waals surface area contributed by atoms with E-state index in [1.54, 1.807) is 24.3 Å². The predicted octanol–water partition coefficient (Wildman–Crippen LogP) is 0.859. The first-order valence-corrected chi connectivity index (χ1v) is 8.30. The second-order valence-corrected chi connectivity index (χ2v) is 7.28. The summed E-state index contributed by atoms with van der Waals surface area (Å²) in [6, 6.07) is 7.41. The van der Waals surface area contributed by atoms with Crippen molar-refractivity contribution in [1.29, 1.82) is 0 Å².